The van der Waals surface area contributed by atoms with E-state index in [9.17, 15) is 4.79 Å². The van der Waals surface area contributed by atoms with Crippen LogP contribution in [-0.4, -0.2) is 12.1 Å². The zero-order chi connectivity index (χ0) is 11.3. The Morgan fingerprint density at radius 1 is 1.40 bits per heavy atom. The molecule has 0 bridgehead atoms. The Balaban J connectivity index is 2.37. The molecule has 1 aromatic rings. The SMILES string of the molecule is CC(C)NC(=O)OCc1ccc(Br)cc1. The van der Waals surface area contributed by atoms with E-state index >= 15 is 0 Å². The molecule has 0 saturated carbocycles. The second-order valence-electron chi connectivity index (χ2n) is 3.50. The molecule has 15 heavy (non-hydrogen) atoms. The van der Waals surface area contributed by atoms with E-state index in [4.69, 9.17) is 4.74 Å². The van der Waals surface area contributed by atoms with E-state index in [0.717, 1.165) is 10.0 Å². The van der Waals surface area contributed by atoms with Crippen LogP contribution in [0.1, 0.15) is 19.4 Å². The smallest absolute Gasteiger partial charge is 0.407 e. The predicted molar refractivity (Wildman–Crippen MR) is 62.6 cm³/mol. The van der Waals surface area contributed by atoms with E-state index in [1.807, 2.05) is 38.1 Å². The molecule has 82 valence electrons. The number of alkyl carbamates (subject to hydrolysis) is 1. The summed E-state index contributed by atoms with van der Waals surface area (Å²) >= 11 is 3.34. The fourth-order valence-electron chi connectivity index (χ4n) is 1.01. The number of hydrogen-bond acceptors (Lipinski definition) is 2. The summed E-state index contributed by atoms with van der Waals surface area (Å²) in [6.07, 6.45) is -0.382. The first-order chi connectivity index (χ1) is 7.08. The Morgan fingerprint density at radius 2 is 2.00 bits per heavy atom. The quantitative estimate of drug-likeness (QED) is 0.918. The lowest BCUT2D eigenvalue weighted by Crippen LogP contribution is -2.30. The summed E-state index contributed by atoms with van der Waals surface area (Å²) in [6.45, 7) is 4.08. The maximum atomic E-state index is 11.2. The van der Waals surface area contributed by atoms with Crippen LogP contribution in [0.15, 0.2) is 28.7 Å². The van der Waals surface area contributed by atoms with E-state index < -0.39 is 0 Å². The number of ether oxygens (including phenoxy) is 1. The third-order valence-corrected chi connectivity index (χ3v) is 2.22. The maximum Gasteiger partial charge on any atom is 0.407 e. The second-order valence-corrected chi connectivity index (χ2v) is 4.42. The molecule has 0 atom stereocenters. The molecule has 4 heteroatoms. The predicted octanol–water partition coefficient (Wildman–Crippen LogP) is 3.08. The number of halogens is 1. The minimum atomic E-state index is -0.382. The van der Waals surface area contributed by atoms with Crippen molar-refractivity contribution in [2.24, 2.45) is 0 Å². The Kier molecular flexibility index (Phi) is 4.62. The van der Waals surface area contributed by atoms with Crippen molar-refractivity contribution in [3.63, 3.8) is 0 Å². The summed E-state index contributed by atoms with van der Waals surface area (Å²) < 4.78 is 6.03. The van der Waals surface area contributed by atoms with Gasteiger partial charge in [-0.05, 0) is 31.5 Å². The third kappa shape index (κ3) is 4.83. The van der Waals surface area contributed by atoms with Crippen molar-refractivity contribution in [3.8, 4) is 0 Å². The van der Waals surface area contributed by atoms with Gasteiger partial charge in [-0.2, -0.15) is 0 Å². The average molecular weight is 272 g/mol. The molecular formula is C11H14BrNO2. The van der Waals surface area contributed by atoms with Crippen LogP contribution >= 0.6 is 15.9 Å². The lowest BCUT2D eigenvalue weighted by molar-refractivity contribution is 0.137. The molecule has 1 aromatic carbocycles. The van der Waals surface area contributed by atoms with E-state index in [1.165, 1.54) is 0 Å². The van der Waals surface area contributed by atoms with E-state index in [1.54, 1.807) is 0 Å². The lowest BCUT2D eigenvalue weighted by Gasteiger charge is -2.09. The largest absolute Gasteiger partial charge is 0.445 e. The van der Waals surface area contributed by atoms with Gasteiger partial charge in [0.2, 0.25) is 0 Å². The summed E-state index contributed by atoms with van der Waals surface area (Å²) in [5, 5.41) is 2.65. The second kappa shape index (κ2) is 5.75. The molecule has 1 N–H and O–H groups in total. The molecule has 0 fully saturated rings. The minimum Gasteiger partial charge on any atom is -0.445 e. The molecule has 0 unspecified atom stereocenters. The Hall–Kier alpha value is -1.03. The van der Waals surface area contributed by atoms with Gasteiger partial charge in [-0.1, -0.05) is 28.1 Å². The highest BCUT2D eigenvalue weighted by molar-refractivity contribution is 9.10. The fraction of sp³-hybridized carbons (Fsp3) is 0.364. The number of carbonyl (C=O) groups is 1. The van der Waals surface area contributed by atoms with Crippen LogP contribution in [0.3, 0.4) is 0 Å². The van der Waals surface area contributed by atoms with Crippen LogP contribution in [-0.2, 0) is 11.3 Å². The lowest BCUT2D eigenvalue weighted by atomic mass is 10.2. The first-order valence-corrected chi connectivity index (χ1v) is 5.55. The van der Waals surface area contributed by atoms with Crippen molar-refractivity contribution in [1.82, 2.24) is 5.32 Å². The molecule has 0 aliphatic rings. The number of amides is 1. The highest BCUT2D eigenvalue weighted by Gasteiger charge is 2.03. The molecule has 1 rings (SSSR count). The monoisotopic (exact) mass is 271 g/mol. The minimum absolute atomic E-state index is 0.0995. The van der Waals surface area contributed by atoms with Crippen molar-refractivity contribution in [1.29, 1.82) is 0 Å². The van der Waals surface area contributed by atoms with Crippen molar-refractivity contribution in [2.75, 3.05) is 0 Å². The zero-order valence-corrected chi connectivity index (χ0v) is 10.4. The molecule has 0 aliphatic carbocycles. The third-order valence-electron chi connectivity index (χ3n) is 1.69. The van der Waals surface area contributed by atoms with Gasteiger partial charge in [0.15, 0.2) is 0 Å². The summed E-state index contributed by atoms with van der Waals surface area (Å²) in [5.41, 5.74) is 0.970. The van der Waals surface area contributed by atoms with Gasteiger partial charge in [-0.15, -0.1) is 0 Å². The molecule has 0 saturated heterocycles. The number of nitrogens with one attached hydrogen (secondary N) is 1. The first-order valence-electron chi connectivity index (χ1n) is 4.75. The maximum absolute atomic E-state index is 11.2. The molecule has 0 aliphatic heterocycles. The van der Waals surface area contributed by atoms with Gasteiger partial charge < -0.3 is 10.1 Å². The van der Waals surface area contributed by atoms with Gasteiger partial charge in [0, 0.05) is 10.5 Å². The highest BCUT2D eigenvalue weighted by atomic mass is 79.9. The number of carbonyl (C=O) groups excluding carboxylic acids is 1. The van der Waals surface area contributed by atoms with E-state index in [2.05, 4.69) is 21.2 Å². The van der Waals surface area contributed by atoms with Crippen LogP contribution < -0.4 is 5.32 Å². The van der Waals surface area contributed by atoms with Crippen LogP contribution in [0.5, 0.6) is 0 Å². The Labute approximate surface area is 97.9 Å². The van der Waals surface area contributed by atoms with Gasteiger partial charge in [0.1, 0.15) is 6.61 Å². The standard InChI is InChI=1S/C11H14BrNO2/c1-8(2)13-11(14)15-7-9-3-5-10(12)6-4-9/h3-6,8H,7H2,1-2H3,(H,13,14). The van der Waals surface area contributed by atoms with Gasteiger partial charge in [0.05, 0.1) is 0 Å². The topological polar surface area (TPSA) is 38.3 Å². The molecule has 1 amide bonds. The van der Waals surface area contributed by atoms with E-state index in [-0.39, 0.29) is 12.1 Å². The number of benzene rings is 1. The Bertz CT molecular complexity index is 322. The van der Waals surface area contributed by atoms with Gasteiger partial charge in [-0.25, -0.2) is 4.79 Å². The number of hydrogen-bond donors (Lipinski definition) is 1. The van der Waals surface area contributed by atoms with Crippen molar-refractivity contribution < 1.29 is 9.53 Å². The van der Waals surface area contributed by atoms with Crippen molar-refractivity contribution in [2.45, 2.75) is 26.5 Å². The molecule has 0 heterocycles. The summed E-state index contributed by atoms with van der Waals surface area (Å²) in [6, 6.07) is 7.75. The van der Waals surface area contributed by atoms with Crippen LogP contribution in [0, 0.1) is 0 Å². The number of rotatable bonds is 3. The van der Waals surface area contributed by atoms with Crippen LogP contribution in [0.4, 0.5) is 4.79 Å². The summed E-state index contributed by atoms with van der Waals surface area (Å²) in [4.78, 5) is 11.2. The van der Waals surface area contributed by atoms with Crippen LogP contribution in [0.2, 0.25) is 0 Å². The van der Waals surface area contributed by atoms with Gasteiger partial charge in [-0.3, -0.25) is 0 Å². The average Bonchev–Trinajstić information content (AvgIpc) is 2.16. The van der Waals surface area contributed by atoms with Crippen molar-refractivity contribution >= 4 is 22.0 Å². The van der Waals surface area contributed by atoms with Crippen molar-refractivity contribution in [3.05, 3.63) is 34.3 Å². The molecule has 0 spiro atoms. The normalized spacial score (nSPS) is 10.1. The van der Waals surface area contributed by atoms with Gasteiger partial charge >= 0.3 is 6.09 Å². The Morgan fingerprint density at radius 3 is 2.53 bits per heavy atom. The molecule has 0 radical (unpaired) electrons. The summed E-state index contributed by atoms with van der Waals surface area (Å²) in [7, 11) is 0. The van der Waals surface area contributed by atoms with Crippen LogP contribution in [0.25, 0.3) is 0 Å². The van der Waals surface area contributed by atoms with E-state index in [0.29, 0.717) is 6.61 Å². The highest BCUT2D eigenvalue weighted by Crippen LogP contribution is 2.11. The molecule has 3 nitrogen and oxygen atoms in total. The first kappa shape index (κ1) is 12.0. The zero-order valence-electron chi connectivity index (χ0n) is 8.79. The fourth-order valence-corrected chi connectivity index (χ4v) is 1.27. The summed E-state index contributed by atoms with van der Waals surface area (Å²) in [5.74, 6) is 0. The molecular weight excluding hydrogens is 258 g/mol. The molecule has 0 aromatic heterocycles. The van der Waals surface area contributed by atoms with Gasteiger partial charge in [0.25, 0.3) is 0 Å².